The molecule has 1 amide bonds. The Morgan fingerprint density at radius 2 is 2.12 bits per heavy atom. The molecule has 0 aromatic carbocycles. The Balaban J connectivity index is 2.39. The molecule has 6 heteroatoms. The molecule has 17 heavy (non-hydrogen) atoms. The van der Waals surface area contributed by atoms with Crippen molar-refractivity contribution in [1.29, 1.82) is 0 Å². The van der Waals surface area contributed by atoms with Crippen molar-refractivity contribution in [3.8, 4) is 0 Å². The number of rotatable bonds is 5. The van der Waals surface area contributed by atoms with Crippen molar-refractivity contribution in [3.63, 3.8) is 0 Å². The second kappa shape index (κ2) is 5.97. The molecule has 1 aliphatic rings. The summed E-state index contributed by atoms with van der Waals surface area (Å²) in [6.45, 7) is 4.15. The fourth-order valence-corrected chi connectivity index (χ4v) is 1.86. The van der Waals surface area contributed by atoms with Crippen molar-refractivity contribution >= 4 is 11.9 Å². The lowest BCUT2D eigenvalue weighted by molar-refractivity contribution is -0.143. The van der Waals surface area contributed by atoms with E-state index in [2.05, 4.69) is 10.6 Å². The van der Waals surface area contributed by atoms with E-state index in [0.717, 1.165) is 0 Å². The lowest BCUT2D eigenvalue weighted by atomic mass is 9.96. The number of amides is 1. The van der Waals surface area contributed by atoms with E-state index >= 15 is 0 Å². The number of carbonyl (C=O) groups is 2. The number of hydrogen-bond acceptors (Lipinski definition) is 4. The van der Waals surface area contributed by atoms with Crippen molar-refractivity contribution in [1.82, 2.24) is 10.6 Å². The van der Waals surface area contributed by atoms with Crippen LogP contribution in [0.5, 0.6) is 0 Å². The first kappa shape index (κ1) is 13.9. The highest BCUT2D eigenvalue weighted by Gasteiger charge is 2.29. The van der Waals surface area contributed by atoms with Crippen LogP contribution in [0.15, 0.2) is 0 Å². The fourth-order valence-electron chi connectivity index (χ4n) is 1.86. The highest BCUT2D eigenvalue weighted by Crippen LogP contribution is 2.11. The van der Waals surface area contributed by atoms with Crippen LogP contribution < -0.4 is 10.6 Å². The number of aliphatic hydroxyl groups is 1. The van der Waals surface area contributed by atoms with Crippen LogP contribution in [-0.4, -0.2) is 47.3 Å². The van der Waals surface area contributed by atoms with Crippen LogP contribution in [0.4, 0.5) is 0 Å². The molecular formula is C11H20N2O4. The normalized spacial score (nSPS) is 25.9. The number of hydrogen-bond donors (Lipinski definition) is 4. The third-order valence-corrected chi connectivity index (χ3v) is 3.04. The summed E-state index contributed by atoms with van der Waals surface area (Å²) in [6, 6.07) is -0.411. The van der Waals surface area contributed by atoms with E-state index in [4.69, 9.17) is 5.11 Å². The minimum Gasteiger partial charge on any atom is -0.481 e. The maximum absolute atomic E-state index is 11.7. The van der Waals surface area contributed by atoms with Crippen molar-refractivity contribution in [2.75, 3.05) is 13.1 Å². The predicted octanol–water partition coefficient (Wildman–Crippen LogP) is -0.818. The summed E-state index contributed by atoms with van der Waals surface area (Å²) in [5, 5.41) is 23.7. The fraction of sp³-hybridized carbons (Fsp3) is 0.818. The molecule has 1 aliphatic heterocycles. The Kier molecular flexibility index (Phi) is 4.89. The molecule has 0 radical (unpaired) electrons. The van der Waals surface area contributed by atoms with Gasteiger partial charge in [0.1, 0.15) is 0 Å². The highest BCUT2D eigenvalue weighted by molar-refractivity contribution is 5.82. The van der Waals surface area contributed by atoms with Crippen LogP contribution >= 0.6 is 0 Å². The van der Waals surface area contributed by atoms with Gasteiger partial charge in [-0.1, -0.05) is 13.8 Å². The second-order valence-corrected chi connectivity index (χ2v) is 4.78. The predicted molar refractivity (Wildman–Crippen MR) is 61.4 cm³/mol. The summed E-state index contributed by atoms with van der Waals surface area (Å²) in [5.41, 5.74) is 0. The Bertz CT molecular complexity index is 293. The number of aliphatic carboxylic acids is 1. The molecule has 98 valence electrons. The van der Waals surface area contributed by atoms with E-state index in [0.29, 0.717) is 13.0 Å². The van der Waals surface area contributed by atoms with Gasteiger partial charge >= 0.3 is 5.97 Å². The van der Waals surface area contributed by atoms with Gasteiger partial charge in [-0.25, -0.2) is 0 Å². The Morgan fingerprint density at radius 1 is 1.47 bits per heavy atom. The smallest absolute Gasteiger partial charge is 0.308 e. The molecular weight excluding hydrogens is 224 g/mol. The zero-order chi connectivity index (χ0) is 13.0. The van der Waals surface area contributed by atoms with Gasteiger partial charge in [-0.2, -0.15) is 0 Å². The summed E-state index contributed by atoms with van der Waals surface area (Å²) in [5.74, 6) is -1.76. The van der Waals surface area contributed by atoms with E-state index in [1.165, 1.54) is 0 Å². The molecule has 1 heterocycles. The van der Waals surface area contributed by atoms with Gasteiger partial charge in [0.2, 0.25) is 5.91 Å². The van der Waals surface area contributed by atoms with Gasteiger partial charge in [-0.15, -0.1) is 0 Å². The maximum Gasteiger partial charge on any atom is 0.308 e. The summed E-state index contributed by atoms with van der Waals surface area (Å²) in [4.78, 5) is 22.6. The average Bonchev–Trinajstić information content (AvgIpc) is 2.63. The molecule has 0 aromatic rings. The number of β-amino-alcohol motifs (C(OH)–C–C–N with tert-alkyl or cyclic N) is 1. The molecule has 1 saturated heterocycles. The molecule has 4 N–H and O–H groups in total. The Morgan fingerprint density at radius 3 is 2.53 bits per heavy atom. The van der Waals surface area contributed by atoms with Crippen LogP contribution in [0, 0.1) is 11.8 Å². The molecule has 0 bridgehead atoms. The minimum absolute atomic E-state index is 0.0325. The van der Waals surface area contributed by atoms with E-state index in [-0.39, 0.29) is 18.4 Å². The first-order chi connectivity index (χ1) is 7.91. The Hall–Kier alpha value is -1.14. The molecule has 0 aromatic heterocycles. The van der Waals surface area contributed by atoms with Gasteiger partial charge in [0.25, 0.3) is 0 Å². The third kappa shape index (κ3) is 3.98. The number of carbonyl (C=O) groups excluding carboxylic acids is 1. The van der Waals surface area contributed by atoms with Gasteiger partial charge < -0.3 is 20.8 Å². The minimum atomic E-state index is -0.903. The van der Waals surface area contributed by atoms with Gasteiger partial charge in [-0.05, 0) is 12.3 Å². The van der Waals surface area contributed by atoms with Crippen LogP contribution in [0.25, 0.3) is 0 Å². The van der Waals surface area contributed by atoms with E-state index in [9.17, 15) is 14.7 Å². The standard InChI is InChI=1S/C11H20N2O4/c1-6(2)8(11(16)17)5-13-10(15)9-3-7(14)4-12-9/h6-9,12,14H,3-5H2,1-2H3,(H,13,15)(H,16,17). The summed E-state index contributed by atoms with van der Waals surface area (Å²) >= 11 is 0. The topological polar surface area (TPSA) is 98.7 Å². The SMILES string of the molecule is CC(C)C(CNC(=O)C1CC(O)CN1)C(=O)O. The summed E-state index contributed by atoms with van der Waals surface area (Å²) in [7, 11) is 0. The van der Waals surface area contributed by atoms with Crippen LogP contribution in [-0.2, 0) is 9.59 Å². The van der Waals surface area contributed by atoms with Crippen LogP contribution in [0.2, 0.25) is 0 Å². The number of nitrogens with one attached hydrogen (secondary N) is 2. The first-order valence-corrected chi connectivity index (χ1v) is 5.83. The lowest BCUT2D eigenvalue weighted by Crippen LogP contribution is -2.44. The largest absolute Gasteiger partial charge is 0.481 e. The van der Waals surface area contributed by atoms with Gasteiger partial charge in [-0.3, -0.25) is 9.59 Å². The van der Waals surface area contributed by atoms with E-state index in [1.54, 1.807) is 0 Å². The quantitative estimate of drug-likeness (QED) is 0.506. The van der Waals surface area contributed by atoms with Gasteiger partial charge in [0.15, 0.2) is 0 Å². The van der Waals surface area contributed by atoms with E-state index in [1.807, 2.05) is 13.8 Å². The average molecular weight is 244 g/mol. The zero-order valence-corrected chi connectivity index (χ0v) is 10.1. The molecule has 1 rings (SSSR count). The number of carboxylic acid groups (broad SMARTS) is 1. The first-order valence-electron chi connectivity index (χ1n) is 5.83. The van der Waals surface area contributed by atoms with Crippen LogP contribution in [0.3, 0.4) is 0 Å². The monoisotopic (exact) mass is 244 g/mol. The molecule has 0 saturated carbocycles. The summed E-state index contributed by atoms with van der Waals surface area (Å²) in [6.07, 6.45) is -0.114. The molecule has 3 unspecified atom stereocenters. The van der Waals surface area contributed by atoms with Gasteiger partial charge in [0, 0.05) is 13.1 Å². The third-order valence-electron chi connectivity index (χ3n) is 3.04. The Labute approximate surface area is 100 Å². The van der Waals surface area contributed by atoms with E-state index < -0.39 is 24.0 Å². The van der Waals surface area contributed by atoms with Crippen molar-refractivity contribution in [3.05, 3.63) is 0 Å². The van der Waals surface area contributed by atoms with Crippen LogP contribution in [0.1, 0.15) is 20.3 Å². The van der Waals surface area contributed by atoms with Crippen molar-refractivity contribution in [2.24, 2.45) is 11.8 Å². The summed E-state index contributed by atoms with van der Waals surface area (Å²) < 4.78 is 0. The number of aliphatic hydroxyl groups excluding tert-OH is 1. The van der Waals surface area contributed by atoms with Crippen molar-refractivity contribution in [2.45, 2.75) is 32.4 Å². The molecule has 6 nitrogen and oxygen atoms in total. The second-order valence-electron chi connectivity index (χ2n) is 4.78. The lowest BCUT2D eigenvalue weighted by Gasteiger charge is -2.18. The zero-order valence-electron chi connectivity index (χ0n) is 10.1. The molecule has 1 fully saturated rings. The maximum atomic E-state index is 11.7. The van der Waals surface area contributed by atoms with Crippen molar-refractivity contribution < 1.29 is 19.8 Å². The number of carboxylic acids is 1. The molecule has 3 atom stereocenters. The highest BCUT2D eigenvalue weighted by atomic mass is 16.4. The molecule has 0 spiro atoms. The molecule has 0 aliphatic carbocycles. The van der Waals surface area contributed by atoms with Gasteiger partial charge in [0.05, 0.1) is 18.1 Å².